The van der Waals surface area contributed by atoms with Crippen LogP contribution in [0.1, 0.15) is 25.5 Å². The maximum atomic E-state index is 11.5. The van der Waals surface area contributed by atoms with Crippen molar-refractivity contribution >= 4 is 21.4 Å². The van der Waals surface area contributed by atoms with Gasteiger partial charge in [-0.3, -0.25) is 15.0 Å². The van der Waals surface area contributed by atoms with Crippen molar-refractivity contribution < 1.29 is 13.3 Å². The van der Waals surface area contributed by atoms with Crippen LogP contribution < -0.4 is 10.5 Å². The zero-order valence-corrected chi connectivity index (χ0v) is 16.1. The number of nitrogens with two attached hydrogens (primary N) is 1. The summed E-state index contributed by atoms with van der Waals surface area (Å²) in [6, 6.07) is 13.5. The molecule has 0 aliphatic rings. The molecule has 146 valence electrons. The Morgan fingerprint density at radius 2 is 1.78 bits per heavy atom. The van der Waals surface area contributed by atoms with Gasteiger partial charge in [0.1, 0.15) is 5.69 Å². The van der Waals surface area contributed by atoms with Gasteiger partial charge in [-0.05, 0) is 30.8 Å². The van der Waals surface area contributed by atoms with Crippen LogP contribution >= 0.6 is 0 Å². The van der Waals surface area contributed by atoms with Gasteiger partial charge in [-0.2, -0.15) is 0 Å². The Bertz CT molecular complexity index is 883. The van der Waals surface area contributed by atoms with E-state index in [9.17, 15) is 18.5 Å². The van der Waals surface area contributed by atoms with E-state index in [1.54, 1.807) is 0 Å². The van der Waals surface area contributed by atoms with E-state index >= 15 is 0 Å². The Balaban J connectivity index is 2.32. The molecule has 0 bridgehead atoms. The minimum atomic E-state index is -4.01. The smallest absolute Gasteiger partial charge is 0.293 e. The normalized spacial score (nSPS) is 12.7. The van der Waals surface area contributed by atoms with E-state index in [-0.39, 0.29) is 22.3 Å². The quantitative estimate of drug-likeness (QED) is 0.500. The van der Waals surface area contributed by atoms with E-state index in [4.69, 9.17) is 5.14 Å². The molecule has 0 heterocycles. The summed E-state index contributed by atoms with van der Waals surface area (Å²) in [4.78, 5) is 12.7. The molecule has 2 rings (SSSR count). The van der Waals surface area contributed by atoms with Gasteiger partial charge in [0, 0.05) is 12.6 Å². The highest BCUT2D eigenvalue weighted by Crippen LogP contribution is 2.29. The van der Waals surface area contributed by atoms with Gasteiger partial charge in [-0.25, -0.2) is 13.6 Å². The highest BCUT2D eigenvalue weighted by atomic mass is 32.2. The average molecular weight is 392 g/mol. The van der Waals surface area contributed by atoms with Crippen LogP contribution in [0.25, 0.3) is 0 Å². The summed E-state index contributed by atoms with van der Waals surface area (Å²) in [5, 5.41) is 19.6. The number of likely N-dealkylation sites (N-methyl/N-ethyl adjacent to an activating group) is 1. The zero-order chi connectivity index (χ0) is 20.0. The summed E-state index contributed by atoms with van der Waals surface area (Å²) < 4.78 is 22.9. The number of anilines is 1. The Labute approximate surface area is 159 Å². The Hall–Kier alpha value is -2.49. The Morgan fingerprint density at radius 1 is 1.15 bits per heavy atom. The largest absolute Gasteiger partial charge is 0.378 e. The molecule has 0 amide bonds. The van der Waals surface area contributed by atoms with E-state index in [1.165, 1.54) is 12.1 Å². The van der Waals surface area contributed by atoms with Gasteiger partial charge in [-0.1, -0.05) is 44.2 Å². The third-order valence-electron chi connectivity index (χ3n) is 4.42. The molecule has 0 fully saturated rings. The molecular weight excluding hydrogens is 368 g/mol. The number of hydrogen-bond acceptors (Lipinski definition) is 6. The van der Waals surface area contributed by atoms with Crippen LogP contribution in [0.4, 0.5) is 11.4 Å². The fraction of sp³-hybridized carbons (Fsp3) is 0.333. The Kier molecular flexibility index (Phi) is 6.89. The van der Waals surface area contributed by atoms with E-state index in [1.807, 2.05) is 30.3 Å². The van der Waals surface area contributed by atoms with E-state index in [0.717, 1.165) is 24.7 Å². The highest BCUT2D eigenvalue weighted by molar-refractivity contribution is 7.89. The van der Waals surface area contributed by atoms with Gasteiger partial charge in [0.05, 0.1) is 15.9 Å². The van der Waals surface area contributed by atoms with Crippen molar-refractivity contribution in [3.63, 3.8) is 0 Å². The van der Waals surface area contributed by atoms with Crippen LogP contribution in [0, 0.1) is 10.1 Å². The van der Waals surface area contributed by atoms with E-state index in [2.05, 4.69) is 24.1 Å². The van der Waals surface area contributed by atoms with Crippen molar-refractivity contribution in [1.29, 1.82) is 0 Å². The van der Waals surface area contributed by atoms with Crippen LogP contribution in [0.2, 0.25) is 0 Å². The molecule has 3 N–H and O–H groups in total. The number of rotatable bonds is 9. The molecule has 0 spiro atoms. The topological polar surface area (TPSA) is 119 Å². The molecule has 8 nitrogen and oxygen atoms in total. The number of nitro groups is 1. The SMILES string of the molecule is CCN(CC)[C@H](CNc1ccc(S(N)(=O)=O)cc1[N+](=O)[O-])c1ccccc1. The number of nitrogens with zero attached hydrogens (tertiary/aromatic N) is 2. The molecule has 0 saturated heterocycles. The molecule has 0 saturated carbocycles. The summed E-state index contributed by atoms with van der Waals surface area (Å²) >= 11 is 0. The van der Waals surface area contributed by atoms with Crippen molar-refractivity contribution in [2.24, 2.45) is 5.14 Å². The molecule has 0 radical (unpaired) electrons. The highest BCUT2D eigenvalue weighted by Gasteiger charge is 2.22. The lowest BCUT2D eigenvalue weighted by atomic mass is 10.0. The van der Waals surface area contributed by atoms with Crippen molar-refractivity contribution in [2.75, 3.05) is 25.0 Å². The minimum absolute atomic E-state index is 0.0127. The summed E-state index contributed by atoms with van der Waals surface area (Å²) in [6.45, 7) is 6.20. The molecule has 0 aromatic heterocycles. The second kappa shape index (κ2) is 8.94. The van der Waals surface area contributed by atoms with E-state index < -0.39 is 14.9 Å². The van der Waals surface area contributed by atoms with Gasteiger partial charge in [0.2, 0.25) is 10.0 Å². The molecule has 1 atom stereocenters. The van der Waals surface area contributed by atoms with Crippen LogP contribution in [-0.2, 0) is 10.0 Å². The van der Waals surface area contributed by atoms with Crippen molar-refractivity contribution in [3.05, 3.63) is 64.2 Å². The molecule has 9 heteroatoms. The number of nitrogens with one attached hydrogen (secondary N) is 1. The predicted molar refractivity (Wildman–Crippen MR) is 105 cm³/mol. The maximum Gasteiger partial charge on any atom is 0.293 e. The molecule has 27 heavy (non-hydrogen) atoms. The van der Waals surface area contributed by atoms with Crippen molar-refractivity contribution in [1.82, 2.24) is 4.90 Å². The molecular formula is C18H24N4O4S. The molecule has 0 unspecified atom stereocenters. The second-order valence-electron chi connectivity index (χ2n) is 6.01. The lowest BCUT2D eigenvalue weighted by Crippen LogP contribution is -2.33. The third kappa shape index (κ3) is 5.25. The number of nitro benzene ring substituents is 1. The minimum Gasteiger partial charge on any atom is -0.378 e. The van der Waals surface area contributed by atoms with Gasteiger partial charge < -0.3 is 5.32 Å². The van der Waals surface area contributed by atoms with E-state index in [0.29, 0.717) is 6.54 Å². The van der Waals surface area contributed by atoms with Gasteiger partial charge in [0.15, 0.2) is 0 Å². The first kappa shape index (κ1) is 20.8. The Morgan fingerprint density at radius 3 is 2.30 bits per heavy atom. The summed E-state index contributed by atoms with van der Waals surface area (Å²) in [5.41, 5.74) is 1.02. The van der Waals surface area contributed by atoms with Crippen LogP contribution in [-0.4, -0.2) is 37.9 Å². The van der Waals surface area contributed by atoms with Gasteiger partial charge in [0.25, 0.3) is 5.69 Å². The number of hydrogen-bond donors (Lipinski definition) is 2. The van der Waals surface area contributed by atoms with Gasteiger partial charge >= 0.3 is 0 Å². The van der Waals surface area contributed by atoms with Crippen LogP contribution in [0.3, 0.4) is 0 Å². The lowest BCUT2D eigenvalue weighted by molar-refractivity contribution is -0.384. The van der Waals surface area contributed by atoms with Crippen LogP contribution in [0.15, 0.2) is 53.4 Å². The average Bonchev–Trinajstić information content (AvgIpc) is 2.64. The summed E-state index contributed by atoms with van der Waals surface area (Å²) in [7, 11) is -4.01. The first-order chi connectivity index (χ1) is 12.8. The van der Waals surface area contributed by atoms with Crippen molar-refractivity contribution in [2.45, 2.75) is 24.8 Å². The number of sulfonamides is 1. The monoisotopic (exact) mass is 392 g/mol. The molecule has 2 aromatic carbocycles. The second-order valence-corrected chi connectivity index (χ2v) is 7.57. The first-order valence-electron chi connectivity index (χ1n) is 8.62. The lowest BCUT2D eigenvalue weighted by Gasteiger charge is -2.30. The summed E-state index contributed by atoms with van der Waals surface area (Å²) in [5.74, 6) is 0. The number of primary sulfonamides is 1. The predicted octanol–water partition coefficient (Wildman–Crippen LogP) is 2.74. The summed E-state index contributed by atoms with van der Waals surface area (Å²) in [6.07, 6.45) is 0. The van der Waals surface area contributed by atoms with Crippen LogP contribution in [0.5, 0.6) is 0 Å². The number of benzene rings is 2. The fourth-order valence-electron chi connectivity index (χ4n) is 2.99. The molecule has 0 aliphatic carbocycles. The molecule has 2 aromatic rings. The first-order valence-corrected chi connectivity index (χ1v) is 10.2. The van der Waals surface area contributed by atoms with Crippen molar-refractivity contribution in [3.8, 4) is 0 Å². The standard InChI is InChI=1S/C18H24N4O4S/c1-3-21(4-2)18(14-8-6-5-7-9-14)13-20-16-11-10-15(27(19,25)26)12-17(16)22(23)24/h5-12,18,20H,3-4,13H2,1-2H3,(H2,19,25,26)/t18-/m1/s1. The molecule has 0 aliphatic heterocycles. The van der Waals surface area contributed by atoms with Gasteiger partial charge in [-0.15, -0.1) is 0 Å². The zero-order valence-electron chi connectivity index (χ0n) is 15.3. The fourth-order valence-corrected chi connectivity index (χ4v) is 3.53. The third-order valence-corrected chi connectivity index (χ3v) is 5.33. The maximum absolute atomic E-state index is 11.5.